The fourth-order valence-corrected chi connectivity index (χ4v) is 5.68. The van der Waals surface area contributed by atoms with E-state index in [-0.39, 0.29) is 23.8 Å². The second-order valence-electron chi connectivity index (χ2n) is 8.28. The number of sulfonamides is 1. The number of nitrogens with one attached hydrogen (secondary N) is 1. The first kappa shape index (κ1) is 21.0. The van der Waals surface area contributed by atoms with E-state index in [4.69, 9.17) is 4.74 Å². The molecule has 0 bridgehead atoms. The summed E-state index contributed by atoms with van der Waals surface area (Å²) < 4.78 is 32.3. The fourth-order valence-electron chi connectivity index (χ4n) is 4.42. The van der Waals surface area contributed by atoms with Crippen LogP contribution in [-0.2, 0) is 27.8 Å². The van der Waals surface area contributed by atoms with E-state index in [1.54, 1.807) is 24.3 Å². The number of rotatable bonds is 5. The van der Waals surface area contributed by atoms with Crippen LogP contribution in [0, 0.1) is 0 Å². The highest BCUT2D eigenvalue weighted by atomic mass is 32.2. The predicted octanol–water partition coefficient (Wildman–Crippen LogP) is 1.39. The molecule has 0 aromatic heterocycles. The number of aliphatic imine (C=N–C) groups is 1. The Kier molecular flexibility index (Phi) is 5.60. The summed E-state index contributed by atoms with van der Waals surface area (Å²) in [4.78, 5) is 21.5. The van der Waals surface area contributed by atoms with Gasteiger partial charge >= 0.3 is 0 Å². The van der Waals surface area contributed by atoms with Gasteiger partial charge in [-0.15, -0.1) is 0 Å². The quantitative estimate of drug-likeness (QED) is 0.737. The van der Waals surface area contributed by atoms with Crippen LogP contribution < -0.4 is 9.46 Å². The number of nitrogens with zero attached hydrogens (tertiary/aromatic N) is 3. The Hall–Kier alpha value is -2.91. The summed E-state index contributed by atoms with van der Waals surface area (Å²) in [6, 6.07) is 13.1. The standard InChI is InChI=1S/C23H26N4O4S/c28-22(7-9-24-23-19-3-1-2-4-21(19)32(29,30)25-23)27-12-10-26(11-13-27)16-17-5-6-20-18(15-17)8-14-31-20/h1-6,15H,7-14,16H2,(H,24,25). The highest BCUT2D eigenvalue weighted by Gasteiger charge is 2.30. The lowest BCUT2D eigenvalue weighted by Crippen LogP contribution is -2.48. The lowest BCUT2D eigenvalue weighted by Gasteiger charge is -2.34. The molecule has 3 aliphatic heterocycles. The first-order valence-electron chi connectivity index (χ1n) is 10.9. The van der Waals surface area contributed by atoms with E-state index in [9.17, 15) is 13.2 Å². The molecular weight excluding hydrogens is 428 g/mol. The molecule has 32 heavy (non-hydrogen) atoms. The van der Waals surface area contributed by atoms with Crippen molar-refractivity contribution >= 4 is 21.8 Å². The Labute approximate surface area is 187 Å². The van der Waals surface area contributed by atoms with Gasteiger partial charge in [-0.2, -0.15) is 0 Å². The normalized spacial score (nSPS) is 20.5. The highest BCUT2D eigenvalue weighted by Crippen LogP contribution is 2.26. The van der Waals surface area contributed by atoms with Crippen molar-refractivity contribution in [2.24, 2.45) is 4.99 Å². The van der Waals surface area contributed by atoms with Gasteiger partial charge in [-0.3, -0.25) is 19.4 Å². The molecule has 1 amide bonds. The van der Waals surface area contributed by atoms with Crippen molar-refractivity contribution in [1.29, 1.82) is 0 Å². The average Bonchev–Trinajstić information content (AvgIpc) is 3.36. The van der Waals surface area contributed by atoms with Crippen LogP contribution in [0.15, 0.2) is 52.4 Å². The van der Waals surface area contributed by atoms with Crippen LogP contribution in [0.2, 0.25) is 0 Å². The number of carbonyl (C=O) groups is 1. The van der Waals surface area contributed by atoms with Crippen LogP contribution in [0.3, 0.4) is 0 Å². The van der Waals surface area contributed by atoms with Crippen LogP contribution >= 0.6 is 0 Å². The maximum Gasteiger partial charge on any atom is 0.263 e. The van der Waals surface area contributed by atoms with E-state index < -0.39 is 10.0 Å². The summed E-state index contributed by atoms with van der Waals surface area (Å²) >= 11 is 0. The second-order valence-corrected chi connectivity index (χ2v) is 9.93. The maximum atomic E-state index is 12.6. The first-order chi connectivity index (χ1) is 15.5. The minimum absolute atomic E-state index is 0.0535. The van der Waals surface area contributed by atoms with E-state index >= 15 is 0 Å². The lowest BCUT2D eigenvalue weighted by atomic mass is 10.1. The van der Waals surface area contributed by atoms with Crippen molar-refractivity contribution in [3.63, 3.8) is 0 Å². The predicted molar refractivity (Wildman–Crippen MR) is 120 cm³/mol. The molecule has 168 valence electrons. The largest absolute Gasteiger partial charge is 0.493 e. The Balaban J connectivity index is 1.11. The van der Waals surface area contributed by atoms with Crippen LogP contribution in [0.5, 0.6) is 5.75 Å². The molecule has 2 aromatic carbocycles. The summed E-state index contributed by atoms with van der Waals surface area (Å²) in [5, 5.41) is 0. The van der Waals surface area contributed by atoms with E-state index in [0.29, 0.717) is 24.5 Å². The van der Waals surface area contributed by atoms with Gasteiger partial charge in [-0.05, 0) is 29.3 Å². The third kappa shape index (κ3) is 4.22. The summed E-state index contributed by atoms with van der Waals surface area (Å²) in [5.41, 5.74) is 3.13. The van der Waals surface area contributed by atoms with Gasteiger partial charge in [-0.1, -0.05) is 24.3 Å². The summed E-state index contributed by atoms with van der Waals surface area (Å²) in [5.74, 6) is 1.37. The van der Waals surface area contributed by atoms with E-state index in [1.165, 1.54) is 11.1 Å². The molecule has 1 saturated heterocycles. The Morgan fingerprint density at radius 2 is 1.91 bits per heavy atom. The molecule has 3 heterocycles. The van der Waals surface area contributed by atoms with E-state index in [2.05, 4.69) is 32.8 Å². The van der Waals surface area contributed by atoms with E-state index in [1.807, 2.05) is 4.90 Å². The number of piperazine rings is 1. The molecule has 2 aromatic rings. The van der Waals surface area contributed by atoms with Crippen molar-refractivity contribution in [3.8, 4) is 5.75 Å². The SMILES string of the molecule is O=C(CCN=C1NS(=O)(=O)c2ccccc21)N1CCN(Cc2ccc3c(c2)CCO3)CC1. The molecule has 9 heteroatoms. The molecule has 1 N–H and O–H groups in total. The summed E-state index contributed by atoms with van der Waals surface area (Å²) in [6.45, 7) is 4.95. The fraction of sp³-hybridized carbons (Fsp3) is 0.391. The molecule has 0 atom stereocenters. The number of hydrogen-bond donors (Lipinski definition) is 1. The number of hydrogen-bond acceptors (Lipinski definition) is 6. The minimum atomic E-state index is -3.55. The molecule has 8 nitrogen and oxygen atoms in total. The zero-order chi connectivity index (χ0) is 22.1. The monoisotopic (exact) mass is 454 g/mol. The molecule has 0 spiro atoms. The summed E-state index contributed by atoms with van der Waals surface area (Å²) in [6.07, 6.45) is 1.24. The number of amides is 1. The van der Waals surface area contributed by atoms with Gasteiger partial charge < -0.3 is 9.64 Å². The molecule has 0 unspecified atom stereocenters. The van der Waals surface area contributed by atoms with Gasteiger partial charge in [0.25, 0.3) is 10.0 Å². The lowest BCUT2D eigenvalue weighted by molar-refractivity contribution is -0.132. The van der Waals surface area contributed by atoms with Crippen molar-refractivity contribution < 1.29 is 17.9 Å². The van der Waals surface area contributed by atoms with Gasteiger partial charge in [0.15, 0.2) is 0 Å². The van der Waals surface area contributed by atoms with E-state index in [0.717, 1.165) is 38.4 Å². The first-order valence-corrected chi connectivity index (χ1v) is 12.4. The third-order valence-electron chi connectivity index (χ3n) is 6.14. The molecule has 1 fully saturated rings. The minimum Gasteiger partial charge on any atom is -0.493 e. The number of fused-ring (bicyclic) bond motifs is 2. The summed E-state index contributed by atoms with van der Waals surface area (Å²) in [7, 11) is -3.55. The third-order valence-corrected chi connectivity index (χ3v) is 7.54. The molecular formula is C23H26N4O4S. The van der Waals surface area contributed by atoms with Crippen LogP contribution in [0.25, 0.3) is 0 Å². The maximum absolute atomic E-state index is 12.6. The van der Waals surface area contributed by atoms with Crippen molar-refractivity contribution in [3.05, 3.63) is 59.2 Å². The van der Waals surface area contributed by atoms with Crippen LogP contribution in [0.4, 0.5) is 0 Å². The van der Waals surface area contributed by atoms with Gasteiger partial charge in [0, 0.05) is 51.1 Å². The second kappa shape index (κ2) is 8.55. The van der Waals surface area contributed by atoms with Gasteiger partial charge in [-0.25, -0.2) is 8.42 Å². The topological polar surface area (TPSA) is 91.3 Å². The van der Waals surface area contributed by atoms with Crippen molar-refractivity contribution in [1.82, 2.24) is 14.5 Å². The van der Waals surface area contributed by atoms with Gasteiger partial charge in [0.2, 0.25) is 5.91 Å². The Bertz CT molecular complexity index is 1170. The number of benzene rings is 2. The Morgan fingerprint density at radius 3 is 2.75 bits per heavy atom. The molecule has 0 aliphatic carbocycles. The zero-order valence-corrected chi connectivity index (χ0v) is 18.6. The van der Waals surface area contributed by atoms with Gasteiger partial charge in [0.05, 0.1) is 18.0 Å². The number of amidine groups is 1. The van der Waals surface area contributed by atoms with Crippen molar-refractivity contribution in [2.75, 3.05) is 39.3 Å². The molecule has 3 aliphatic rings. The van der Waals surface area contributed by atoms with Crippen molar-refractivity contribution in [2.45, 2.75) is 24.3 Å². The smallest absolute Gasteiger partial charge is 0.263 e. The average molecular weight is 455 g/mol. The zero-order valence-electron chi connectivity index (χ0n) is 17.8. The van der Waals surface area contributed by atoms with Gasteiger partial charge in [0.1, 0.15) is 11.6 Å². The molecule has 0 radical (unpaired) electrons. The number of carbonyl (C=O) groups excluding carboxylic acids is 1. The van der Waals surface area contributed by atoms with Crippen LogP contribution in [0.1, 0.15) is 23.1 Å². The molecule has 5 rings (SSSR count). The molecule has 0 saturated carbocycles. The Morgan fingerprint density at radius 1 is 1.09 bits per heavy atom. The highest BCUT2D eigenvalue weighted by molar-refractivity contribution is 7.90. The number of ether oxygens (including phenoxy) is 1. The van der Waals surface area contributed by atoms with Crippen LogP contribution in [-0.4, -0.2) is 69.3 Å².